The summed E-state index contributed by atoms with van der Waals surface area (Å²) >= 11 is 0. The molecule has 0 spiro atoms. The maximum atomic E-state index is 5.27. The Hall–Kier alpha value is -3.39. The Morgan fingerprint density at radius 1 is 0.538 bits per heavy atom. The second-order valence-corrected chi connectivity index (χ2v) is 6.09. The van der Waals surface area contributed by atoms with Crippen LogP contribution in [-0.2, 0) is 0 Å². The van der Waals surface area contributed by atoms with Crippen molar-refractivity contribution in [3.05, 3.63) is 97.1 Å². The van der Waals surface area contributed by atoms with Gasteiger partial charge in [0.05, 0.1) is 18.5 Å². The SMILES string of the molecule is COc1ccc(-c2cc(-c3ccccc3)cc(-c3ccccc3)n2)cc1. The first-order chi connectivity index (χ1) is 12.8. The van der Waals surface area contributed by atoms with Gasteiger partial charge in [0.15, 0.2) is 0 Å². The highest BCUT2D eigenvalue weighted by Crippen LogP contribution is 2.30. The molecule has 0 aliphatic rings. The van der Waals surface area contributed by atoms with Crippen molar-refractivity contribution in [1.29, 1.82) is 0 Å². The minimum Gasteiger partial charge on any atom is -0.497 e. The number of hydrogen-bond donors (Lipinski definition) is 0. The van der Waals surface area contributed by atoms with Gasteiger partial charge in [-0.2, -0.15) is 0 Å². The summed E-state index contributed by atoms with van der Waals surface area (Å²) < 4.78 is 5.27. The van der Waals surface area contributed by atoms with Gasteiger partial charge in [-0.15, -0.1) is 0 Å². The molecule has 0 bridgehead atoms. The van der Waals surface area contributed by atoms with Crippen LogP contribution in [0.3, 0.4) is 0 Å². The van der Waals surface area contributed by atoms with E-state index in [2.05, 4.69) is 48.5 Å². The van der Waals surface area contributed by atoms with Crippen molar-refractivity contribution < 1.29 is 4.74 Å². The quantitative estimate of drug-likeness (QED) is 0.449. The van der Waals surface area contributed by atoms with E-state index >= 15 is 0 Å². The molecule has 1 heterocycles. The third kappa shape index (κ3) is 3.35. The highest BCUT2D eigenvalue weighted by atomic mass is 16.5. The fourth-order valence-corrected chi connectivity index (χ4v) is 2.99. The van der Waals surface area contributed by atoms with E-state index in [1.807, 2.05) is 48.5 Å². The molecular weight excluding hydrogens is 318 g/mol. The van der Waals surface area contributed by atoms with Gasteiger partial charge >= 0.3 is 0 Å². The van der Waals surface area contributed by atoms with Gasteiger partial charge in [0, 0.05) is 11.1 Å². The van der Waals surface area contributed by atoms with Crippen LogP contribution in [0, 0.1) is 0 Å². The van der Waals surface area contributed by atoms with Gasteiger partial charge < -0.3 is 4.74 Å². The molecule has 4 rings (SSSR count). The van der Waals surface area contributed by atoms with Crippen molar-refractivity contribution in [3.8, 4) is 39.4 Å². The monoisotopic (exact) mass is 337 g/mol. The average molecular weight is 337 g/mol. The maximum absolute atomic E-state index is 5.27. The lowest BCUT2D eigenvalue weighted by atomic mass is 10.00. The Kier molecular flexibility index (Phi) is 4.48. The molecule has 0 radical (unpaired) electrons. The van der Waals surface area contributed by atoms with Crippen LogP contribution in [0.15, 0.2) is 97.1 Å². The van der Waals surface area contributed by atoms with E-state index in [0.717, 1.165) is 33.8 Å². The average Bonchev–Trinajstić information content (AvgIpc) is 2.75. The standard InChI is InChI=1S/C24H19NO/c1-26-22-14-12-20(13-15-22)24-17-21(18-8-4-2-5-9-18)16-23(25-24)19-10-6-3-7-11-19/h2-17H,1H3. The number of hydrogen-bond acceptors (Lipinski definition) is 2. The number of aromatic nitrogens is 1. The lowest BCUT2D eigenvalue weighted by Gasteiger charge is -2.10. The summed E-state index contributed by atoms with van der Waals surface area (Å²) in [5.74, 6) is 0.844. The number of ether oxygens (including phenoxy) is 1. The topological polar surface area (TPSA) is 22.1 Å². The summed E-state index contributed by atoms with van der Waals surface area (Å²) in [7, 11) is 1.68. The van der Waals surface area contributed by atoms with Crippen LogP contribution in [-0.4, -0.2) is 12.1 Å². The van der Waals surface area contributed by atoms with Crippen LogP contribution in [0.2, 0.25) is 0 Å². The third-order valence-corrected chi connectivity index (χ3v) is 4.39. The molecule has 0 unspecified atom stereocenters. The van der Waals surface area contributed by atoms with Crippen LogP contribution in [0.5, 0.6) is 5.75 Å². The van der Waals surface area contributed by atoms with Crippen LogP contribution < -0.4 is 4.74 Å². The summed E-state index contributed by atoms with van der Waals surface area (Å²) in [6.45, 7) is 0. The van der Waals surface area contributed by atoms with E-state index in [-0.39, 0.29) is 0 Å². The molecule has 126 valence electrons. The summed E-state index contributed by atoms with van der Waals surface area (Å²) in [4.78, 5) is 4.91. The lowest BCUT2D eigenvalue weighted by molar-refractivity contribution is 0.415. The van der Waals surface area contributed by atoms with Gasteiger partial charge in [0.2, 0.25) is 0 Å². The van der Waals surface area contributed by atoms with E-state index < -0.39 is 0 Å². The van der Waals surface area contributed by atoms with E-state index in [1.165, 1.54) is 5.56 Å². The minimum absolute atomic E-state index is 0.844. The van der Waals surface area contributed by atoms with Crippen molar-refractivity contribution in [1.82, 2.24) is 4.98 Å². The van der Waals surface area contributed by atoms with Gasteiger partial charge in [0.1, 0.15) is 5.75 Å². The summed E-state index contributed by atoms with van der Waals surface area (Å²) in [6, 6.07) is 33.0. The number of benzene rings is 3. The van der Waals surface area contributed by atoms with E-state index in [9.17, 15) is 0 Å². The molecule has 2 nitrogen and oxygen atoms in total. The molecule has 4 aromatic rings. The fourth-order valence-electron chi connectivity index (χ4n) is 2.99. The molecule has 3 aromatic carbocycles. The molecule has 0 saturated heterocycles. The summed E-state index contributed by atoms with van der Waals surface area (Å²) in [6.07, 6.45) is 0. The van der Waals surface area contributed by atoms with Gasteiger partial charge in [-0.1, -0.05) is 60.7 Å². The zero-order valence-electron chi connectivity index (χ0n) is 14.6. The third-order valence-electron chi connectivity index (χ3n) is 4.39. The molecule has 0 aliphatic heterocycles. The molecule has 0 fully saturated rings. The molecule has 0 amide bonds. The first kappa shape index (κ1) is 16.1. The predicted molar refractivity (Wildman–Crippen MR) is 107 cm³/mol. The minimum atomic E-state index is 0.844. The van der Waals surface area contributed by atoms with Gasteiger partial charge in [-0.25, -0.2) is 4.98 Å². The first-order valence-corrected chi connectivity index (χ1v) is 8.61. The molecule has 0 saturated carbocycles. The maximum Gasteiger partial charge on any atom is 0.118 e. The molecule has 0 N–H and O–H groups in total. The Balaban J connectivity index is 1.87. The van der Waals surface area contributed by atoms with Crippen LogP contribution in [0.25, 0.3) is 33.6 Å². The molecule has 0 atom stereocenters. The van der Waals surface area contributed by atoms with Crippen molar-refractivity contribution in [3.63, 3.8) is 0 Å². The van der Waals surface area contributed by atoms with Gasteiger partial charge in [0.25, 0.3) is 0 Å². The number of pyridine rings is 1. The Morgan fingerprint density at radius 2 is 1.04 bits per heavy atom. The van der Waals surface area contributed by atoms with Crippen molar-refractivity contribution in [2.45, 2.75) is 0 Å². The highest BCUT2D eigenvalue weighted by molar-refractivity contribution is 5.76. The predicted octanol–water partition coefficient (Wildman–Crippen LogP) is 6.09. The van der Waals surface area contributed by atoms with E-state index in [1.54, 1.807) is 7.11 Å². The van der Waals surface area contributed by atoms with Crippen LogP contribution in [0.4, 0.5) is 0 Å². The largest absolute Gasteiger partial charge is 0.497 e. The fraction of sp³-hybridized carbons (Fsp3) is 0.0417. The molecular formula is C24H19NO. The summed E-state index contributed by atoms with van der Waals surface area (Å²) in [5.41, 5.74) is 6.44. The van der Waals surface area contributed by atoms with Gasteiger partial charge in [-0.3, -0.25) is 0 Å². The van der Waals surface area contributed by atoms with Crippen molar-refractivity contribution in [2.24, 2.45) is 0 Å². The van der Waals surface area contributed by atoms with Crippen LogP contribution in [0.1, 0.15) is 0 Å². The molecule has 2 heteroatoms. The van der Waals surface area contributed by atoms with Gasteiger partial charge in [-0.05, 0) is 47.5 Å². The molecule has 26 heavy (non-hydrogen) atoms. The summed E-state index contributed by atoms with van der Waals surface area (Å²) in [5, 5.41) is 0. The Bertz CT molecular complexity index is 936. The van der Waals surface area contributed by atoms with E-state index in [4.69, 9.17) is 9.72 Å². The molecule has 0 aliphatic carbocycles. The Morgan fingerprint density at radius 3 is 1.58 bits per heavy atom. The van der Waals surface area contributed by atoms with Crippen molar-refractivity contribution >= 4 is 0 Å². The second-order valence-electron chi connectivity index (χ2n) is 6.09. The second kappa shape index (κ2) is 7.24. The Labute approximate surface area is 153 Å². The normalized spacial score (nSPS) is 10.5. The smallest absolute Gasteiger partial charge is 0.118 e. The zero-order chi connectivity index (χ0) is 17.8. The first-order valence-electron chi connectivity index (χ1n) is 8.61. The number of methoxy groups -OCH3 is 1. The molecule has 1 aromatic heterocycles. The number of nitrogens with zero attached hydrogens (tertiary/aromatic N) is 1. The number of rotatable bonds is 4. The van der Waals surface area contributed by atoms with E-state index in [0.29, 0.717) is 0 Å². The van der Waals surface area contributed by atoms with Crippen LogP contribution >= 0.6 is 0 Å². The highest BCUT2D eigenvalue weighted by Gasteiger charge is 2.09. The lowest BCUT2D eigenvalue weighted by Crippen LogP contribution is -1.91. The zero-order valence-corrected chi connectivity index (χ0v) is 14.6. The van der Waals surface area contributed by atoms with Crippen molar-refractivity contribution in [2.75, 3.05) is 7.11 Å².